The number of aryl methyl sites for hydroxylation is 3. The number of rotatable bonds is 5. The molecular weight excluding hydrogens is 246 g/mol. The van der Waals surface area contributed by atoms with Gasteiger partial charge in [0.05, 0.1) is 12.3 Å². The number of benzene rings is 1. The Labute approximate surface area is 121 Å². The Bertz CT molecular complexity index is 585. The molecule has 106 valence electrons. The Balaban J connectivity index is 1.94. The molecule has 1 N–H and O–H groups in total. The van der Waals surface area contributed by atoms with E-state index in [9.17, 15) is 0 Å². The molecule has 1 aliphatic carbocycles. The normalized spacial score (nSPS) is 15.3. The van der Waals surface area contributed by atoms with Crippen LogP contribution in [0.4, 0.5) is 0 Å². The molecule has 0 radical (unpaired) electrons. The molecule has 0 aliphatic heterocycles. The maximum atomic E-state index is 5.50. The van der Waals surface area contributed by atoms with Gasteiger partial charge in [-0.15, -0.1) is 0 Å². The molecule has 0 saturated heterocycles. The van der Waals surface area contributed by atoms with Gasteiger partial charge in [-0.05, 0) is 61.9 Å². The van der Waals surface area contributed by atoms with E-state index in [2.05, 4.69) is 36.5 Å². The molecule has 1 unspecified atom stereocenters. The average molecular weight is 269 g/mol. The van der Waals surface area contributed by atoms with Crippen molar-refractivity contribution in [3.63, 3.8) is 0 Å². The fraction of sp³-hybridized carbons (Fsp3) is 0.444. The van der Waals surface area contributed by atoms with Crippen molar-refractivity contribution < 1.29 is 4.42 Å². The number of hydrogen-bond acceptors (Lipinski definition) is 2. The van der Waals surface area contributed by atoms with Gasteiger partial charge in [-0.25, -0.2) is 0 Å². The SMILES string of the molecule is CCCNC(c1ccc2c(c1)CCC2)c1ccoc1C. The van der Waals surface area contributed by atoms with Crippen molar-refractivity contribution in [3.8, 4) is 0 Å². The van der Waals surface area contributed by atoms with Crippen LogP contribution in [0, 0.1) is 6.92 Å². The standard InChI is InChI=1S/C18H23NO/c1-3-10-19-18(17-9-11-20-13(17)2)16-8-7-14-5-4-6-15(14)12-16/h7-9,11-12,18-19H,3-6,10H2,1-2H3. The lowest BCUT2D eigenvalue weighted by Gasteiger charge is -2.19. The van der Waals surface area contributed by atoms with Gasteiger partial charge in [0.25, 0.3) is 0 Å². The van der Waals surface area contributed by atoms with Crippen LogP contribution in [0.1, 0.15) is 53.8 Å². The zero-order chi connectivity index (χ0) is 13.9. The summed E-state index contributed by atoms with van der Waals surface area (Å²) in [5, 5.41) is 3.66. The smallest absolute Gasteiger partial charge is 0.105 e. The highest BCUT2D eigenvalue weighted by Gasteiger charge is 2.19. The Hall–Kier alpha value is -1.54. The number of fused-ring (bicyclic) bond motifs is 1. The van der Waals surface area contributed by atoms with Crippen LogP contribution in [0.25, 0.3) is 0 Å². The van der Waals surface area contributed by atoms with Crippen molar-refractivity contribution in [2.45, 2.75) is 45.6 Å². The predicted molar refractivity (Wildman–Crippen MR) is 82.0 cm³/mol. The fourth-order valence-electron chi connectivity index (χ4n) is 3.16. The summed E-state index contributed by atoms with van der Waals surface area (Å²) < 4.78 is 5.50. The number of furan rings is 1. The third-order valence-corrected chi connectivity index (χ3v) is 4.26. The van der Waals surface area contributed by atoms with E-state index in [0.717, 1.165) is 18.7 Å². The lowest BCUT2D eigenvalue weighted by Crippen LogP contribution is -2.23. The zero-order valence-electron chi connectivity index (χ0n) is 12.4. The summed E-state index contributed by atoms with van der Waals surface area (Å²) in [4.78, 5) is 0. The lowest BCUT2D eigenvalue weighted by molar-refractivity contribution is 0.517. The van der Waals surface area contributed by atoms with Crippen LogP contribution in [0.2, 0.25) is 0 Å². The predicted octanol–water partition coefficient (Wildman–Crippen LogP) is 4.17. The van der Waals surface area contributed by atoms with Gasteiger partial charge in [-0.1, -0.05) is 25.1 Å². The molecule has 2 heteroatoms. The van der Waals surface area contributed by atoms with Gasteiger partial charge in [0.1, 0.15) is 5.76 Å². The van der Waals surface area contributed by atoms with E-state index < -0.39 is 0 Å². The van der Waals surface area contributed by atoms with Gasteiger partial charge in [-0.2, -0.15) is 0 Å². The van der Waals surface area contributed by atoms with E-state index in [1.54, 1.807) is 6.26 Å². The lowest BCUT2D eigenvalue weighted by atomic mass is 9.96. The first-order valence-electron chi connectivity index (χ1n) is 7.68. The topological polar surface area (TPSA) is 25.2 Å². The molecule has 20 heavy (non-hydrogen) atoms. The second kappa shape index (κ2) is 5.84. The van der Waals surface area contributed by atoms with Gasteiger partial charge in [0, 0.05) is 5.56 Å². The summed E-state index contributed by atoms with van der Waals surface area (Å²) in [6.07, 6.45) is 6.70. The van der Waals surface area contributed by atoms with Crippen LogP contribution in [-0.2, 0) is 12.8 Å². The molecule has 3 rings (SSSR count). The first-order valence-corrected chi connectivity index (χ1v) is 7.68. The Morgan fingerprint density at radius 1 is 1.20 bits per heavy atom. The van der Waals surface area contributed by atoms with Crippen molar-refractivity contribution in [1.82, 2.24) is 5.32 Å². The van der Waals surface area contributed by atoms with Crippen LogP contribution in [0.3, 0.4) is 0 Å². The molecule has 0 amide bonds. The van der Waals surface area contributed by atoms with Crippen LogP contribution < -0.4 is 5.32 Å². The Kier molecular flexibility index (Phi) is 3.93. The molecule has 1 heterocycles. The van der Waals surface area contributed by atoms with Crippen molar-refractivity contribution in [2.75, 3.05) is 6.54 Å². The van der Waals surface area contributed by atoms with Crippen LogP contribution >= 0.6 is 0 Å². The average Bonchev–Trinajstić information content (AvgIpc) is 3.08. The minimum Gasteiger partial charge on any atom is -0.469 e. The molecule has 2 nitrogen and oxygen atoms in total. The molecule has 0 fully saturated rings. The quantitative estimate of drug-likeness (QED) is 0.881. The summed E-state index contributed by atoms with van der Waals surface area (Å²) in [5.41, 5.74) is 5.69. The van der Waals surface area contributed by atoms with Crippen molar-refractivity contribution in [1.29, 1.82) is 0 Å². The maximum absolute atomic E-state index is 5.50. The van der Waals surface area contributed by atoms with Crippen LogP contribution in [0.15, 0.2) is 34.9 Å². The van der Waals surface area contributed by atoms with Gasteiger partial charge < -0.3 is 9.73 Å². The molecular formula is C18H23NO. The van der Waals surface area contributed by atoms with Crippen molar-refractivity contribution in [3.05, 3.63) is 58.5 Å². The first kappa shape index (κ1) is 13.4. The highest BCUT2D eigenvalue weighted by atomic mass is 16.3. The van der Waals surface area contributed by atoms with Crippen LogP contribution in [0.5, 0.6) is 0 Å². The summed E-state index contributed by atoms with van der Waals surface area (Å²) in [7, 11) is 0. The molecule has 0 spiro atoms. The minimum absolute atomic E-state index is 0.250. The molecule has 2 aromatic rings. The molecule has 0 saturated carbocycles. The van der Waals surface area contributed by atoms with Crippen molar-refractivity contribution >= 4 is 0 Å². The summed E-state index contributed by atoms with van der Waals surface area (Å²) in [5.74, 6) is 1.01. The van der Waals surface area contributed by atoms with E-state index in [-0.39, 0.29) is 6.04 Å². The van der Waals surface area contributed by atoms with Gasteiger partial charge in [-0.3, -0.25) is 0 Å². The Morgan fingerprint density at radius 2 is 2.05 bits per heavy atom. The number of hydrogen-bond donors (Lipinski definition) is 1. The van der Waals surface area contributed by atoms with Gasteiger partial charge in [0.2, 0.25) is 0 Å². The summed E-state index contributed by atoms with van der Waals surface area (Å²) in [6.45, 7) is 5.27. The Morgan fingerprint density at radius 3 is 2.80 bits per heavy atom. The van der Waals surface area contributed by atoms with Crippen molar-refractivity contribution in [2.24, 2.45) is 0 Å². The molecule has 0 bridgehead atoms. The molecule has 1 aromatic carbocycles. The third-order valence-electron chi connectivity index (χ3n) is 4.26. The molecule has 1 atom stereocenters. The largest absolute Gasteiger partial charge is 0.469 e. The second-order valence-corrected chi connectivity index (χ2v) is 5.70. The van der Waals surface area contributed by atoms with Gasteiger partial charge in [0.15, 0.2) is 0 Å². The van der Waals surface area contributed by atoms with Gasteiger partial charge >= 0.3 is 0 Å². The number of nitrogens with one attached hydrogen (secondary N) is 1. The maximum Gasteiger partial charge on any atom is 0.105 e. The highest BCUT2D eigenvalue weighted by Crippen LogP contribution is 2.30. The summed E-state index contributed by atoms with van der Waals surface area (Å²) >= 11 is 0. The van der Waals surface area contributed by atoms with E-state index in [4.69, 9.17) is 4.42 Å². The monoisotopic (exact) mass is 269 g/mol. The highest BCUT2D eigenvalue weighted by molar-refractivity contribution is 5.40. The molecule has 1 aromatic heterocycles. The second-order valence-electron chi connectivity index (χ2n) is 5.70. The third kappa shape index (κ3) is 2.53. The zero-order valence-corrected chi connectivity index (χ0v) is 12.4. The van der Waals surface area contributed by atoms with E-state index >= 15 is 0 Å². The van der Waals surface area contributed by atoms with Crippen LogP contribution in [-0.4, -0.2) is 6.54 Å². The van der Waals surface area contributed by atoms with E-state index in [1.165, 1.54) is 41.5 Å². The fourth-order valence-corrected chi connectivity index (χ4v) is 3.16. The minimum atomic E-state index is 0.250. The molecule has 1 aliphatic rings. The first-order chi connectivity index (χ1) is 9.79. The van der Waals surface area contributed by atoms with E-state index in [1.807, 2.05) is 6.92 Å². The summed E-state index contributed by atoms with van der Waals surface area (Å²) in [6, 6.07) is 9.33. The van der Waals surface area contributed by atoms with E-state index in [0.29, 0.717) is 0 Å².